The minimum atomic E-state index is 0.122. The first-order chi connectivity index (χ1) is 13.2. The minimum absolute atomic E-state index is 0.122. The summed E-state index contributed by atoms with van der Waals surface area (Å²) in [6, 6.07) is 11.5. The predicted octanol–water partition coefficient (Wildman–Crippen LogP) is 5.98. The van der Waals surface area contributed by atoms with Gasteiger partial charge in [0.15, 0.2) is 0 Å². The van der Waals surface area contributed by atoms with Crippen LogP contribution in [0.1, 0.15) is 72.6 Å². The Balaban J connectivity index is 1.60. The van der Waals surface area contributed by atoms with E-state index in [1.54, 1.807) is 11.3 Å². The highest BCUT2D eigenvalue weighted by Gasteiger charge is 2.31. The van der Waals surface area contributed by atoms with E-state index in [0.29, 0.717) is 12.6 Å². The van der Waals surface area contributed by atoms with Gasteiger partial charge in [-0.1, -0.05) is 43.5 Å². The molecule has 1 unspecified atom stereocenters. The molecule has 1 aromatic heterocycles. The van der Waals surface area contributed by atoms with Crippen molar-refractivity contribution in [2.45, 2.75) is 76.9 Å². The van der Waals surface area contributed by atoms with Crippen LogP contribution in [0.4, 0.5) is 4.79 Å². The van der Waals surface area contributed by atoms with Crippen molar-refractivity contribution in [3.05, 3.63) is 57.3 Å². The van der Waals surface area contributed by atoms with Crippen molar-refractivity contribution in [1.29, 1.82) is 0 Å². The van der Waals surface area contributed by atoms with Crippen molar-refractivity contribution in [1.82, 2.24) is 10.2 Å². The van der Waals surface area contributed by atoms with E-state index in [1.165, 1.54) is 40.8 Å². The van der Waals surface area contributed by atoms with Gasteiger partial charge in [-0.05, 0) is 67.2 Å². The van der Waals surface area contributed by atoms with Gasteiger partial charge < -0.3 is 10.2 Å². The number of benzene rings is 1. The number of fused-ring (bicyclic) bond motifs is 1. The van der Waals surface area contributed by atoms with Crippen LogP contribution in [0.25, 0.3) is 0 Å². The Morgan fingerprint density at radius 1 is 1.11 bits per heavy atom. The lowest BCUT2D eigenvalue weighted by molar-refractivity contribution is 0.156. The minimum Gasteiger partial charge on any atom is -0.335 e. The summed E-state index contributed by atoms with van der Waals surface area (Å²) >= 11 is 1.76. The number of thiophene rings is 1. The fourth-order valence-electron chi connectivity index (χ4n) is 4.60. The van der Waals surface area contributed by atoms with Crippen LogP contribution in [0.5, 0.6) is 0 Å². The van der Waals surface area contributed by atoms with Crippen LogP contribution in [0.2, 0.25) is 0 Å². The highest BCUT2D eigenvalue weighted by atomic mass is 32.1. The first kappa shape index (κ1) is 18.5. The summed E-state index contributed by atoms with van der Waals surface area (Å²) < 4.78 is 0. The maximum Gasteiger partial charge on any atom is 0.318 e. The number of nitrogens with one attached hydrogen (secondary N) is 1. The molecule has 1 fully saturated rings. The molecule has 4 heteroatoms. The standard InChI is InChI=1S/C23H30N2OS/c1-17-14-15-27-22(17)16-25(23(26)24-19-10-3-2-4-11-19)21-13-7-9-18-8-5-6-12-20(18)21/h5-6,8,12,14-15,19,21H,2-4,7,9-11,13,16H2,1H3,(H,24,26). The molecule has 1 N–H and O–H groups in total. The van der Waals surface area contributed by atoms with Gasteiger partial charge >= 0.3 is 6.03 Å². The first-order valence-corrected chi connectivity index (χ1v) is 11.3. The van der Waals surface area contributed by atoms with Crippen LogP contribution >= 0.6 is 11.3 Å². The zero-order valence-electron chi connectivity index (χ0n) is 16.2. The third-order valence-electron chi connectivity index (χ3n) is 6.19. The monoisotopic (exact) mass is 382 g/mol. The maximum absolute atomic E-state index is 13.4. The number of amides is 2. The zero-order valence-corrected chi connectivity index (χ0v) is 17.1. The molecule has 0 spiro atoms. The molecule has 0 saturated heterocycles. The zero-order chi connectivity index (χ0) is 18.6. The Morgan fingerprint density at radius 3 is 2.70 bits per heavy atom. The molecule has 1 heterocycles. The lowest BCUT2D eigenvalue weighted by Gasteiger charge is -2.37. The molecular formula is C23H30N2OS. The van der Waals surface area contributed by atoms with Gasteiger partial charge in [0.2, 0.25) is 0 Å². The lowest BCUT2D eigenvalue weighted by atomic mass is 9.86. The summed E-state index contributed by atoms with van der Waals surface area (Å²) in [7, 11) is 0. The summed E-state index contributed by atoms with van der Waals surface area (Å²) in [5.41, 5.74) is 4.04. The molecule has 1 aromatic carbocycles. The van der Waals surface area contributed by atoms with E-state index in [9.17, 15) is 4.79 Å². The quantitative estimate of drug-likeness (QED) is 0.693. The second-order valence-corrected chi connectivity index (χ2v) is 9.05. The molecule has 3 nitrogen and oxygen atoms in total. The number of carbonyl (C=O) groups is 1. The molecule has 0 radical (unpaired) electrons. The average Bonchev–Trinajstić information content (AvgIpc) is 3.11. The third kappa shape index (κ3) is 4.21. The highest BCUT2D eigenvalue weighted by molar-refractivity contribution is 7.10. The summed E-state index contributed by atoms with van der Waals surface area (Å²) in [6.07, 6.45) is 9.36. The molecule has 27 heavy (non-hydrogen) atoms. The van der Waals surface area contributed by atoms with Crippen LogP contribution in [-0.4, -0.2) is 17.0 Å². The van der Waals surface area contributed by atoms with E-state index in [0.717, 1.165) is 32.1 Å². The molecule has 2 amide bonds. The molecule has 2 aliphatic rings. The van der Waals surface area contributed by atoms with Crippen molar-refractivity contribution >= 4 is 17.4 Å². The molecule has 0 bridgehead atoms. The largest absolute Gasteiger partial charge is 0.335 e. The Morgan fingerprint density at radius 2 is 1.93 bits per heavy atom. The van der Waals surface area contributed by atoms with E-state index in [2.05, 4.69) is 52.9 Å². The van der Waals surface area contributed by atoms with Crippen LogP contribution in [0, 0.1) is 6.92 Å². The summed E-state index contributed by atoms with van der Waals surface area (Å²) in [5.74, 6) is 0. The Labute approximate surface area is 166 Å². The van der Waals surface area contributed by atoms with Crippen LogP contribution in [0.3, 0.4) is 0 Å². The van der Waals surface area contributed by atoms with Crippen molar-refractivity contribution in [2.75, 3.05) is 0 Å². The van der Waals surface area contributed by atoms with Gasteiger partial charge in [-0.15, -0.1) is 11.3 Å². The third-order valence-corrected chi connectivity index (χ3v) is 7.20. The molecule has 0 aliphatic heterocycles. The van der Waals surface area contributed by atoms with Crippen molar-refractivity contribution in [3.8, 4) is 0 Å². The van der Waals surface area contributed by atoms with Crippen LogP contribution in [0.15, 0.2) is 35.7 Å². The van der Waals surface area contributed by atoms with Gasteiger partial charge in [0, 0.05) is 10.9 Å². The number of aryl methyl sites for hydroxylation is 2. The first-order valence-electron chi connectivity index (χ1n) is 10.4. The predicted molar refractivity (Wildman–Crippen MR) is 112 cm³/mol. The number of rotatable bonds is 4. The van der Waals surface area contributed by atoms with Gasteiger partial charge in [0.1, 0.15) is 0 Å². The van der Waals surface area contributed by atoms with Crippen LogP contribution in [-0.2, 0) is 13.0 Å². The number of carbonyl (C=O) groups excluding carboxylic acids is 1. The Hall–Kier alpha value is -1.81. The van der Waals surface area contributed by atoms with Crippen molar-refractivity contribution in [3.63, 3.8) is 0 Å². The maximum atomic E-state index is 13.4. The smallest absolute Gasteiger partial charge is 0.318 e. The van der Waals surface area contributed by atoms with E-state index in [1.807, 2.05) is 0 Å². The highest BCUT2D eigenvalue weighted by Crippen LogP contribution is 2.36. The molecule has 2 aliphatic carbocycles. The molecule has 4 rings (SSSR count). The molecule has 1 saturated carbocycles. The van der Waals surface area contributed by atoms with Gasteiger partial charge in [0.25, 0.3) is 0 Å². The lowest BCUT2D eigenvalue weighted by Crippen LogP contribution is -2.47. The molecular weight excluding hydrogens is 352 g/mol. The molecule has 2 aromatic rings. The van der Waals surface area contributed by atoms with Gasteiger partial charge in [-0.3, -0.25) is 0 Å². The van der Waals surface area contributed by atoms with Crippen molar-refractivity contribution < 1.29 is 4.79 Å². The average molecular weight is 383 g/mol. The fraction of sp³-hybridized carbons (Fsp3) is 0.522. The van der Waals surface area contributed by atoms with Gasteiger partial charge in [-0.25, -0.2) is 4.79 Å². The Bertz CT molecular complexity index is 778. The second kappa shape index (κ2) is 8.47. The summed E-state index contributed by atoms with van der Waals surface area (Å²) in [6.45, 7) is 2.86. The topological polar surface area (TPSA) is 32.3 Å². The fourth-order valence-corrected chi connectivity index (χ4v) is 5.50. The summed E-state index contributed by atoms with van der Waals surface area (Å²) in [4.78, 5) is 16.8. The summed E-state index contributed by atoms with van der Waals surface area (Å²) in [5, 5.41) is 5.51. The number of nitrogens with zero attached hydrogens (tertiary/aromatic N) is 1. The number of hydrogen-bond acceptors (Lipinski definition) is 2. The Kier molecular flexibility index (Phi) is 5.82. The van der Waals surface area contributed by atoms with Crippen LogP contribution < -0.4 is 5.32 Å². The normalized spacial score (nSPS) is 20.1. The van der Waals surface area contributed by atoms with E-state index < -0.39 is 0 Å². The van der Waals surface area contributed by atoms with Gasteiger partial charge in [0.05, 0.1) is 12.6 Å². The SMILES string of the molecule is Cc1ccsc1CN(C(=O)NC1CCCCC1)C1CCCc2ccccc21. The van der Waals surface area contributed by atoms with E-state index >= 15 is 0 Å². The van der Waals surface area contributed by atoms with Gasteiger partial charge in [-0.2, -0.15) is 0 Å². The molecule has 144 valence electrons. The number of urea groups is 1. The van der Waals surface area contributed by atoms with Crippen molar-refractivity contribution in [2.24, 2.45) is 0 Å². The second-order valence-electron chi connectivity index (χ2n) is 8.05. The number of hydrogen-bond donors (Lipinski definition) is 1. The van der Waals surface area contributed by atoms with E-state index in [4.69, 9.17) is 0 Å². The van der Waals surface area contributed by atoms with E-state index in [-0.39, 0.29) is 12.1 Å². The molecule has 1 atom stereocenters.